The topological polar surface area (TPSA) is 64.6 Å². The first-order valence-electron chi connectivity index (χ1n) is 4.86. The Morgan fingerprint density at radius 1 is 1.44 bits per heavy atom. The summed E-state index contributed by atoms with van der Waals surface area (Å²) >= 11 is 0. The second-order valence-corrected chi connectivity index (χ2v) is 3.37. The maximum absolute atomic E-state index is 11.2. The molecule has 1 aliphatic heterocycles. The summed E-state index contributed by atoms with van der Waals surface area (Å²) in [6.45, 7) is 0.656. The highest BCUT2D eigenvalue weighted by Crippen LogP contribution is 2.27. The third-order valence-electron chi connectivity index (χ3n) is 2.32. The number of methoxy groups -OCH3 is 1. The predicted octanol–water partition coefficient (Wildman–Crippen LogP) is 0.733. The van der Waals surface area contributed by atoms with Gasteiger partial charge in [0.15, 0.2) is 0 Å². The maximum atomic E-state index is 11.2. The highest BCUT2D eigenvalue weighted by Gasteiger charge is 2.16. The number of nitrogens with one attached hydrogen (secondary N) is 1. The van der Waals surface area contributed by atoms with Crippen molar-refractivity contribution in [3.8, 4) is 5.75 Å². The van der Waals surface area contributed by atoms with Crippen molar-refractivity contribution < 1.29 is 19.1 Å². The number of esters is 1. The van der Waals surface area contributed by atoms with E-state index in [9.17, 15) is 9.59 Å². The number of benzene rings is 1. The molecule has 0 aliphatic carbocycles. The van der Waals surface area contributed by atoms with E-state index in [1.807, 2.05) is 0 Å². The van der Waals surface area contributed by atoms with Gasteiger partial charge in [-0.15, -0.1) is 0 Å². The fraction of sp³-hybridized carbons (Fsp3) is 0.273. The zero-order chi connectivity index (χ0) is 11.5. The molecule has 84 valence electrons. The maximum Gasteiger partial charge on any atom is 0.396 e. The van der Waals surface area contributed by atoms with Gasteiger partial charge in [0.1, 0.15) is 5.75 Å². The lowest BCUT2D eigenvalue weighted by Crippen LogP contribution is -2.23. The predicted molar refractivity (Wildman–Crippen MR) is 56.3 cm³/mol. The molecule has 1 aromatic rings. The van der Waals surface area contributed by atoms with Crippen molar-refractivity contribution in [1.29, 1.82) is 0 Å². The van der Waals surface area contributed by atoms with Gasteiger partial charge in [0, 0.05) is 12.1 Å². The van der Waals surface area contributed by atoms with E-state index in [0.717, 1.165) is 17.7 Å². The van der Waals surface area contributed by atoms with E-state index in [1.54, 1.807) is 18.2 Å². The Labute approximate surface area is 92.4 Å². The monoisotopic (exact) mass is 221 g/mol. The molecule has 16 heavy (non-hydrogen) atoms. The molecule has 0 spiro atoms. The average Bonchev–Trinajstić information content (AvgIpc) is 2.75. The summed E-state index contributed by atoms with van der Waals surface area (Å²) in [7, 11) is 1.17. The number of rotatable bonds is 1. The molecule has 0 saturated heterocycles. The minimum absolute atomic E-state index is 0.569. The van der Waals surface area contributed by atoms with E-state index in [-0.39, 0.29) is 0 Å². The van der Waals surface area contributed by atoms with Crippen LogP contribution in [0.25, 0.3) is 0 Å². The van der Waals surface area contributed by atoms with Gasteiger partial charge in [-0.2, -0.15) is 0 Å². The van der Waals surface area contributed by atoms with Gasteiger partial charge >= 0.3 is 11.9 Å². The SMILES string of the molecule is COC(=O)C(=O)Nc1ccc2c(c1)CCO2. The van der Waals surface area contributed by atoms with Crippen LogP contribution in [0.5, 0.6) is 5.75 Å². The summed E-state index contributed by atoms with van der Waals surface area (Å²) in [5.41, 5.74) is 1.60. The van der Waals surface area contributed by atoms with Gasteiger partial charge in [-0.3, -0.25) is 4.79 Å². The Balaban J connectivity index is 2.11. The van der Waals surface area contributed by atoms with Crippen LogP contribution in [0.4, 0.5) is 5.69 Å². The normalized spacial score (nSPS) is 12.6. The number of amides is 1. The summed E-state index contributed by atoms with van der Waals surface area (Å²) < 4.78 is 9.62. The Morgan fingerprint density at radius 3 is 3.00 bits per heavy atom. The van der Waals surface area contributed by atoms with Crippen molar-refractivity contribution in [3.63, 3.8) is 0 Å². The molecule has 5 heteroatoms. The van der Waals surface area contributed by atoms with Gasteiger partial charge in [-0.05, 0) is 23.8 Å². The quantitative estimate of drug-likeness (QED) is 0.561. The number of hydrogen-bond acceptors (Lipinski definition) is 4. The van der Waals surface area contributed by atoms with Crippen molar-refractivity contribution >= 4 is 17.6 Å². The van der Waals surface area contributed by atoms with E-state index in [1.165, 1.54) is 7.11 Å². The average molecular weight is 221 g/mol. The van der Waals surface area contributed by atoms with Crippen molar-refractivity contribution in [3.05, 3.63) is 23.8 Å². The molecule has 5 nitrogen and oxygen atoms in total. The number of ether oxygens (including phenoxy) is 2. The molecule has 1 amide bonds. The smallest absolute Gasteiger partial charge is 0.396 e. The largest absolute Gasteiger partial charge is 0.493 e. The highest BCUT2D eigenvalue weighted by atomic mass is 16.5. The lowest BCUT2D eigenvalue weighted by Gasteiger charge is -2.05. The van der Waals surface area contributed by atoms with Crippen LogP contribution >= 0.6 is 0 Å². The summed E-state index contributed by atoms with van der Waals surface area (Å²) in [4.78, 5) is 22.1. The minimum Gasteiger partial charge on any atom is -0.493 e. The zero-order valence-corrected chi connectivity index (χ0v) is 8.78. The van der Waals surface area contributed by atoms with Crippen LogP contribution in [0, 0.1) is 0 Å². The third kappa shape index (κ3) is 1.98. The molecular weight excluding hydrogens is 210 g/mol. The minimum atomic E-state index is -0.906. The summed E-state index contributed by atoms with van der Waals surface area (Å²) in [6, 6.07) is 5.25. The number of hydrogen-bond donors (Lipinski definition) is 1. The summed E-state index contributed by atoms with van der Waals surface area (Å²) in [5, 5.41) is 2.45. The van der Waals surface area contributed by atoms with Gasteiger partial charge in [-0.25, -0.2) is 4.79 Å². The van der Waals surface area contributed by atoms with Crippen LogP contribution in [0.2, 0.25) is 0 Å². The zero-order valence-electron chi connectivity index (χ0n) is 8.78. The van der Waals surface area contributed by atoms with Crippen molar-refractivity contribution in [2.75, 3.05) is 19.0 Å². The molecule has 0 unspecified atom stereocenters. The number of carbonyl (C=O) groups is 2. The van der Waals surface area contributed by atoms with Crippen LogP contribution in [0.15, 0.2) is 18.2 Å². The van der Waals surface area contributed by atoms with Gasteiger partial charge in [0.2, 0.25) is 0 Å². The van der Waals surface area contributed by atoms with E-state index in [4.69, 9.17) is 4.74 Å². The molecule has 0 radical (unpaired) electrons. The Hall–Kier alpha value is -2.04. The molecule has 0 bridgehead atoms. The third-order valence-corrected chi connectivity index (χ3v) is 2.32. The first-order chi connectivity index (χ1) is 7.70. The Bertz CT molecular complexity index is 442. The van der Waals surface area contributed by atoms with Gasteiger partial charge < -0.3 is 14.8 Å². The van der Waals surface area contributed by atoms with Gasteiger partial charge in [-0.1, -0.05) is 0 Å². The highest BCUT2D eigenvalue weighted by molar-refractivity contribution is 6.37. The van der Waals surface area contributed by atoms with Crippen molar-refractivity contribution in [1.82, 2.24) is 0 Å². The van der Waals surface area contributed by atoms with E-state index < -0.39 is 11.9 Å². The molecule has 1 N–H and O–H groups in total. The molecule has 0 fully saturated rings. The molecule has 1 heterocycles. The lowest BCUT2D eigenvalue weighted by molar-refractivity contribution is -0.150. The number of carbonyl (C=O) groups excluding carboxylic acids is 2. The number of fused-ring (bicyclic) bond motifs is 1. The van der Waals surface area contributed by atoms with Crippen LogP contribution in [-0.4, -0.2) is 25.6 Å². The van der Waals surface area contributed by atoms with Crippen molar-refractivity contribution in [2.45, 2.75) is 6.42 Å². The van der Waals surface area contributed by atoms with Crippen LogP contribution in [0.3, 0.4) is 0 Å². The van der Waals surface area contributed by atoms with E-state index in [0.29, 0.717) is 12.3 Å². The van der Waals surface area contributed by atoms with Gasteiger partial charge in [0.05, 0.1) is 13.7 Å². The first-order valence-corrected chi connectivity index (χ1v) is 4.86. The second kappa shape index (κ2) is 4.22. The standard InChI is InChI=1S/C11H11NO4/c1-15-11(14)10(13)12-8-2-3-9-7(6-8)4-5-16-9/h2-3,6H,4-5H2,1H3,(H,12,13). The molecule has 1 aliphatic rings. The van der Waals surface area contributed by atoms with E-state index >= 15 is 0 Å². The first kappa shape index (κ1) is 10.5. The number of anilines is 1. The van der Waals surface area contributed by atoms with Crippen LogP contribution in [0.1, 0.15) is 5.56 Å². The Morgan fingerprint density at radius 2 is 2.25 bits per heavy atom. The molecule has 0 atom stereocenters. The molecule has 1 aromatic carbocycles. The van der Waals surface area contributed by atoms with E-state index in [2.05, 4.69) is 10.1 Å². The molecule has 2 rings (SSSR count). The van der Waals surface area contributed by atoms with Crippen LogP contribution in [-0.2, 0) is 20.7 Å². The Kier molecular flexibility index (Phi) is 2.76. The lowest BCUT2D eigenvalue weighted by atomic mass is 10.1. The molecular formula is C11H11NO4. The molecule has 0 aromatic heterocycles. The van der Waals surface area contributed by atoms with Crippen LogP contribution < -0.4 is 10.1 Å². The molecule has 0 saturated carbocycles. The second-order valence-electron chi connectivity index (χ2n) is 3.37. The van der Waals surface area contributed by atoms with Crippen molar-refractivity contribution in [2.24, 2.45) is 0 Å². The summed E-state index contributed by atoms with van der Waals surface area (Å²) in [6.07, 6.45) is 0.817. The fourth-order valence-electron chi connectivity index (χ4n) is 1.54. The van der Waals surface area contributed by atoms with Gasteiger partial charge in [0.25, 0.3) is 0 Å². The summed E-state index contributed by atoms with van der Waals surface area (Å²) in [5.74, 6) is -0.853. The fourth-order valence-corrected chi connectivity index (χ4v) is 1.54.